The molecule has 2 aromatic rings. The van der Waals surface area contributed by atoms with Crippen LogP contribution in [0.3, 0.4) is 0 Å². The highest BCUT2D eigenvalue weighted by molar-refractivity contribution is 5.80. The van der Waals surface area contributed by atoms with E-state index in [1.807, 2.05) is 53.4 Å². The molecule has 1 aliphatic rings. The highest BCUT2D eigenvalue weighted by Gasteiger charge is 2.26. The first-order valence-electron chi connectivity index (χ1n) is 8.92. The first-order chi connectivity index (χ1) is 12.7. The van der Waals surface area contributed by atoms with Crippen LogP contribution in [0.15, 0.2) is 55.1 Å². The normalized spacial score (nSPS) is 16.5. The zero-order chi connectivity index (χ0) is 18.4. The van der Waals surface area contributed by atoms with Gasteiger partial charge in [0.1, 0.15) is 12.4 Å². The first kappa shape index (κ1) is 18.2. The van der Waals surface area contributed by atoms with E-state index in [2.05, 4.69) is 6.58 Å². The van der Waals surface area contributed by atoms with Crippen LogP contribution in [0.1, 0.15) is 23.1 Å². The summed E-state index contributed by atoms with van der Waals surface area (Å²) in [4.78, 5) is 14.6. The molecule has 1 aliphatic heterocycles. The molecule has 1 heterocycles. The number of rotatable bonds is 7. The smallest absolute Gasteiger partial charge is 0.227 e. The molecule has 1 saturated heterocycles. The third kappa shape index (κ3) is 4.52. The minimum Gasteiger partial charge on any atom is -0.489 e. The van der Waals surface area contributed by atoms with Crippen LogP contribution < -0.4 is 4.74 Å². The minimum absolute atomic E-state index is 0.107. The van der Waals surface area contributed by atoms with Crippen LogP contribution in [-0.4, -0.2) is 37.1 Å². The van der Waals surface area contributed by atoms with E-state index in [4.69, 9.17) is 9.47 Å². The number of amides is 1. The fourth-order valence-electron chi connectivity index (χ4n) is 3.16. The van der Waals surface area contributed by atoms with Crippen molar-refractivity contribution in [1.29, 1.82) is 0 Å². The summed E-state index contributed by atoms with van der Waals surface area (Å²) in [7, 11) is 1.70. The Bertz CT molecular complexity index is 757. The van der Waals surface area contributed by atoms with Crippen molar-refractivity contribution < 1.29 is 14.3 Å². The van der Waals surface area contributed by atoms with Crippen LogP contribution in [0.5, 0.6) is 5.75 Å². The van der Waals surface area contributed by atoms with Gasteiger partial charge in [-0.1, -0.05) is 49.1 Å². The molecule has 0 N–H and O–H groups in total. The Morgan fingerprint density at radius 3 is 2.77 bits per heavy atom. The standard InChI is InChI=1S/C22H25NO3/c1-3-17-9-10-21(26-16-18-7-5-4-6-8-18)19(13-17)14-22(24)23-12-11-20(15-23)25-2/h3-10,13,20H,1,11-12,14-16H2,2H3. The van der Waals surface area contributed by atoms with E-state index in [1.165, 1.54) is 0 Å². The summed E-state index contributed by atoms with van der Waals surface area (Å²) in [5.74, 6) is 0.852. The number of nitrogens with zero attached hydrogens (tertiary/aromatic N) is 1. The van der Waals surface area contributed by atoms with E-state index < -0.39 is 0 Å². The van der Waals surface area contributed by atoms with Crippen LogP contribution in [0.25, 0.3) is 6.08 Å². The Morgan fingerprint density at radius 2 is 2.08 bits per heavy atom. The van der Waals surface area contributed by atoms with Crippen LogP contribution in [0.4, 0.5) is 0 Å². The number of carbonyl (C=O) groups excluding carboxylic acids is 1. The van der Waals surface area contributed by atoms with Gasteiger partial charge >= 0.3 is 0 Å². The fraction of sp³-hybridized carbons (Fsp3) is 0.318. The number of methoxy groups -OCH3 is 1. The molecule has 1 amide bonds. The maximum atomic E-state index is 12.7. The van der Waals surface area contributed by atoms with E-state index in [9.17, 15) is 4.79 Å². The molecular weight excluding hydrogens is 326 g/mol. The molecule has 0 aromatic heterocycles. The van der Waals surface area contributed by atoms with E-state index in [0.717, 1.165) is 35.4 Å². The molecule has 4 nitrogen and oxygen atoms in total. The van der Waals surface area contributed by atoms with Crippen molar-refractivity contribution in [3.05, 3.63) is 71.8 Å². The molecule has 3 rings (SSSR count). The summed E-state index contributed by atoms with van der Waals surface area (Å²) in [6.07, 6.45) is 3.15. The molecule has 1 fully saturated rings. The van der Waals surface area contributed by atoms with Crippen molar-refractivity contribution in [3.63, 3.8) is 0 Å². The maximum absolute atomic E-state index is 12.7. The van der Waals surface area contributed by atoms with Crippen LogP contribution in [0, 0.1) is 0 Å². The van der Waals surface area contributed by atoms with Gasteiger partial charge in [0.05, 0.1) is 12.5 Å². The predicted molar refractivity (Wildman–Crippen MR) is 103 cm³/mol. The lowest BCUT2D eigenvalue weighted by Crippen LogP contribution is -2.31. The molecule has 136 valence electrons. The van der Waals surface area contributed by atoms with Crippen molar-refractivity contribution in [3.8, 4) is 5.75 Å². The van der Waals surface area contributed by atoms with E-state index >= 15 is 0 Å². The molecule has 0 radical (unpaired) electrons. The summed E-state index contributed by atoms with van der Waals surface area (Å²) >= 11 is 0. The van der Waals surface area contributed by atoms with Gasteiger partial charge in [-0.3, -0.25) is 4.79 Å². The van der Waals surface area contributed by atoms with Gasteiger partial charge in [-0.15, -0.1) is 0 Å². The summed E-state index contributed by atoms with van der Waals surface area (Å²) in [5.41, 5.74) is 2.97. The Hall–Kier alpha value is -2.59. The van der Waals surface area contributed by atoms with Gasteiger partial charge in [0.15, 0.2) is 0 Å². The number of hydrogen-bond donors (Lipinski definition) is 0. The van der Waals surface area contributed by atoms with Gasteiger partial charge in [-0.2, -0.15) is 0 Å². The highest BCUT2D eigenvalue weighted by atomic mass is 16.5. The third-order valence-electron chi connectivity index (χ3n) is 4.73. The summed E-state index contributed by atoms with van der Waals surface area (Å²) in [5, 5.41) is 0. The van der Waals surface area contributed by atoms with Crippen molar-refractivity contribution in [2.45, 2.75) is 25.6 Å². The van der Waals surface area contributed by atoms with Crippen LogP contribution >= 0.6 is 0 Å². The SMILES string of the molecule is C=Cc1ccc(OCc2ccccc2)c(CC(=O)N2CCC(OC)C2)c1. The zero-order valence-corrected chi connectivity index (χ0v) is 15.2. The number of ether oxygens (including phenoxy) is 2. The monoisotopic (exact) mass is 351 g/mol. The Morgan fingerprint density at radius 1 is 1.27 bits per heavy atom. The average molecular weight is 351 g/mol. The van der Waals surface area contributed by atoms with E-state index in [-0.39, 0.29) is 12.0 Å². The highest BCUT2D eigenvalue weighted by Crippen LogP contribution is 2.24. The number of likely N-dealkylation sites (tertiary alicyclic amines) is 1. The fourth-order valence-corrected chi connectivity index (χ4v) is 3.16. The van der Waals surface area contributed by atoms with Gasteiger partial charge in [0.2, 0.25) is 5.91 Å². The molecule has 1 atom stereocenters. The molecule has 2 aromatic carbocycles. The zero-order valence-electron chi connectivity index (χ0n) is 15.2. The topological polar surface area (TPSA) is 38.8 Å². The lowest BCUT2D eigenvalue weighted by atomic mass is 10.1. The quantitative estimate of drug-likeness (QED) is 0.763. The second-order valence-corrected chi connectivity index (χ2v) is 6.51. The van der Waals surface area contributed by atoms with Crippen molar-refractivity contribution in [2.24, 2.45) is 0 Å². The molecule has 1 unspecified atom stereocenters. The maximum Gasteiger partial charge on any atom is 0.227 e. The molecule has 4 heteroatoms. The molecule has 0 saturated carbocycles. The largest absolute Gasteiger partial charge is 0.489 e. The van der Waals surface area contributed by atoms with Crippen molar-refractivity contribution in [1.82, 2.24) is 4.90 Å². The summed E-state index contributed by atoms with van der Waals surface area (Å²) in [6.45, 7) is 5.71. The summed E-state index contributed by atoms with van der Waals surface area (Å²) < 4.78 is 11.4. The van der Waals surface area contributed by atoms with Gasteiger partial charge in [0, 0.05) is 25.8 Å². The van der Waals surface area contributed by atoms with Gasteiger partial charge in [-0.25, -0.2) is 0 Å². The van der Waals surface area contributed by atoms with Gasteiger partial charge in [-0.05, 0) is 29.7 Å². The Labute approximate surface area is 155 Å². The molecule has 0 bridgehead atoms. The lowest BCUT2D eigenvalue weighted by molar-refractivity contribution is -0.129. The van der Waals surface area contributed by atoms with Crippen molar-refractivity contribution in [2.75, 3.05) is 20.2 Å². The van der Waals surface area contributed by atoms with Crippen molar-refractivity contribution >= 4 is 12.0 Å². The molecule has 0 aliphatic carbocycles. The van der Waals surface area contributed by atoms with E-state index in [1.54, 1.807) is 13.2 Å². The second kappa shape index (κ2) is 8.68. The number of benzene rings is 2. The second-order valence-electron chi connectivity index (χ2n) is 6.51. The van der Waals surface area contributed by atoms with Gasteiger partial charge in [0.25, 0.3) is 0 Å². The first-order valence-corrected chi connectivity index (χ1v) is 8.92. The molecule has 26 heavy (non-hydrogen) atoms. The third-order valence-corrected chi connectivity index (χ3v) is 4.73. The molecule has 0 spiro atoms. The number of hydrogen-bond acceptors (Lipinski definition) is 3. The Balaban J connectivity index is 1.71. The van der Waals surface area contributed by atoms with Gasteiger partial charge < -0.3 is 14.4 Å². The average Bonchev–Trinajstić information content (AvgIpc) is 3.17. The van der Waals surface area contributed by atoms with E-state index in [0.29, 0.717) is 19.6 Å². The lowest BCUT2D eigenvalue weighted by Gasteiger charge is -2.18. The number of carbonyl (C=O) groups is 1. The predicted octanol–water partition coefficient (Wildman–Crippen LogP) is 3.70. The Kier molecular flexibility index (Phi) is 6.08. The molecular formula is C22H25NO3. The summed E-state index contributed by atoms with van der Waals surface area (Å²) in [6, 6.07) is 15.9. The van der Waals surface area contributed by atoms with Crippen LogP contribution in [-0.2, 0) is 22.6 Å². The minimum atomic E-state index is 0.107. The van der Waals surface area contributed by atoms with Crippen LogP contribution in [0.2, 0.25) is 0 Å².